The van der Waals surface area contributed by atoms with E-state index in [1.807, 2.05) is 41.8 Å². The monoisotopic (exact) mass is 470 g/mol. The first-order valence-corrected chi connectivity index (χ1v) is 13.5. The molecule has 0 saturated carbocycles. The van der Waals surface area contributed by atoms with Crippen LogP contribution in [0.2, 0.25) is 0 Å². The third-order valence-electron chi connectivity index (χ3n) is 4.94. The van der Waals surface area contributed by atoms with Gasteiger partial charge in [0.2, 0.25) is 5.91 Å². The number of anilines is 1. The molecule has 0 atom stereocenters. The standard InChI is InChI=1S/C23H22N2O3S3/c1-31(27,28)19-10-11-20-21(16-19)30-23(24-20)25(14-13-18-8-5-15-29-18)22(26)12-9-17-6-3-2-4-7-17/h2-8,10-11,15-16H,9,12-14H2,1H3. The third kappa shape index (κ3) is 5.39. The molecule has 2 heterocycles. The highest BCUT2D eigenvalue weighted by Gasteiger charge is 2.20. The molecule has 0 fully saturated rings. The summed E-state index contributed by atoms with van der Waals surface area (Å²) in [7, 11) is -3.30. The van der Waals surface area contributed by atoms with Gasteiger partial charge in [-0.3, -0.25) is 9.69 Å². The van der Waals surface area contributed by atoms with Crippen LogP contribution in [-0.2, 0) is 27.5 Å². The van der Waals surface area contributed by atoms with Crippen LogP contribution in [0.25, 0.3) is 10.2 Å². The van der Waals surface area contributed by atoms with Crippen molar-refractivity contribution in [1.82, 2.24) is 4.98 Å². The van der Waals surface area contributed by atoms with Crippen molar-refractivity contribution in [3.05, 3.63) is 76.5 Å². The summed E-state index contributed by atoms with van der Waals surface area (Å²) in [6.07, 6.45) is 2.99. The molecule has 0 saturated heterocycles. The van der Waals surface area contributed by atoms with E-state index in [9.17, 15) is 13.2 Å². The summed E-state index contributed by atoms with van der Waals surface area (Å²) < 4.78 is 24.6. The normalized spacial score (nSPS) is 11.6. The molecule has 0 N–H and O–H groups in total. The number of nitrogens with zero attached hydrogens (tertiary/aromatic N) is 2. The van der Waals surface area contributed by atoms with Crippen molar-refractivity contribution in [1.29, 1.82) is 0 Å². The van der Waals surface area contributed by atoms with Gasteiger partial charge in [-0.05, 0) is 48.1 Å². The number of aryl methyl sites for hydroxylation is 1. The summed E-state index contributed by atoms with van der Waals surface area (Å²) in [6.45, 7) is 0.535. The lowest BCUT2D eigenvalue weighted by Crippen LogP contribution is -2.33. The highest BCUT2D eigenvalue weighted by Crippen LogP contribution is 2.31. The Morgan fingerprint density at radius 3 is 2.55 bits per heavy atom. The number of benzene rings is 2. The van der Waals surface area contributed by atoms with Gasteiger partial charge in [0.1, 0.15) is 0 Å². The minimum atomic E-state index is -3.30. The van der Waals surface area contributed by atoms with Gasteiger partial charge in [-0.15, -0.1) is 11.3 Å². The summed E-state index contributed by atoms with van der Waals surface area (Å²) >= 11 is 3.03. The molecule has 4 aromatic rings. The van der Waals surface area contributed by atoms with Crippen LogP contribution in [0.5, 0.6) is 0 Å². The van der Waals surface area contributed by atoms with Crippen molar-refractivity contribution in [3.63, 3.8) is 0 Å². The molecule has 2 aromatic carbocycles. The Morgan fingerprint density at radius 1 is 1.03 bits per heavy atom. The predicted molar refractivity (Wildman–Crippen MR) is 128 cm³/mol. The zero-order valence-electron chi connectivity index (χ0n) is 17.0. The Kier molecular flexibility index (Phi) is 6.50. The van der Waals surface area contributed by atoms with Crippen LogP contribution < -0.4 is 4.90 Å². The molecule has 160 valence electrons. The first-order chi connectivity index (χ1) is 14.9. The maximum Gasteiger partial charge on any atom is 0.229 e. The smallest absolute Gasteiger partial charge is 0.229 e. The van der Waals surface area contributed by atoms with E-state index in [4.69, 9.17) is 0 Å². The zero-order chi connectivity index (χ0) is 21.8. The summed E-state index contributed by atoms with van der Waals surface area (Å²) in [5.41, 5.74) is 1.82. The Hall–Kier alpha value is -2.55. The molecule has 5 nitrogen and oxygen atoms in total. The molecule has 0 aliphatic rings. The number of thiophene rings is 1. The van der Waals surface area contributed by atoms with Crippen LogP contribution >= 0.6 is 22.7 Å². The van der Waals surface area contributed by atoms with Crippen molar-refractivity contribution >= 4 is 53.8 Å². The zero-order valence-corrected chi connectivity index (χ0v) is 19.5. The molecule has 31 heavy (non-hydrogen) atoms. The molecule has 0 aliphatic carbocycles. The molecular weight excluding hydrogens is 448 g/mol. The van der Waals surface area contributed by atoms with E-state index in [0.29, 0.717) is 30.0 Å². The second-order valence-electron chi connectivity index (χ2n) is 7.26. The Balaban J connectivity index is 1.60. The van der Waals surface area contributed by atoms with E-state index >= 15 is 0 Å². The quantitative estimate of drug-likeness (QED) is 0.365. The molecular formula is C23H22N2O3S3. The molecule has 0 aliphatic heterocycles. The number of carbonyl (C=O) groups is 1. The average molecular weight is 471 g/mol. The van der Waals surface area contributed by atoms with Crippen LogP contribution in [0.4, 0.5) is 5.13 Å². The van der Waals surface area contributed by atoms with Crippen LogP contribution in [0, 0.1) is 0 Å². The van der Waals surface area contributed by atoms with E-state index in [1.54, 1.807) is 34.4 Å². The molecule has 1 amide bonds. The van der Waals surface area contributed by atoms with Gasteiger partial charge in [-0.2, -0.15) is 0 Å². The van der Waals surface area contributed by atoms with E-state index in [2.05, 4.69) is 11.1 Å². The number of sulfone groups is 1. The van der Waals surface area contributed by atoms with Crippen LogP contribution in [-0.4, -0.2) is 32.1 Å². The SMILES string of the molecule is CS(=O)(=O)c1ccc2nc(N(CCc3cccs3)C(=O)CCc3ccccc3)sc2c1. The molecule has 0 radical (unpaired) electrons. The number of thiazole rings is 1. The summed E-state index contributed by atoms with van der Waals surface area (Å²) in [4.78, 5) is 21.0. The highest BCUT2D eigenvalue weighted by atomic mass is 32.2. The fraction of sp³-hybridized carbons (Fsp3) is 0.217. The maximum atomic E-state index is 13.2. The second-order valence-corrected chi connectivity index (χ2v) is 11.3. The lowest BCUT2D eigenvalue weighted by molar-refractivity contribution is -0.118. The van der Waals surface area contributed by atoms with Gasteiger partial charge in [0.25, 0.3) is 0 Å². The number of amides is 1. The molecule has 4 rings (SSSR count). The molecule has 0 bridgehead atoms. The average Bonchev–Trinajstić information content (AvgIpc) is 3.41. The molecule has 0 spiro atoms. The largest absolute Gasteiger partial charge is 0.288 e. The van der Waals surface area contributed by atoms with Crippen LogP contribution in [0.3, 0.4) is 0 Å². The first-order valence-electron chi connectivity index (χ1n) is 9.87. The lowest BCUT2D eigenvalue weighted by Gasteiger charge is -2.19. The van der Waals surface area contributed by atoms with Crippen molar-refractivity contribution in [2.24, 2.45) is 0 Å². The summed E-state index contributed by atoms with van der Waals surface area (Å²) in [5, 5.41) is 2.64. The number of aromatic nitrogens is 1. The number of rotatable bonds is 8. The Bertz CT molecular complexity index is 1280. The van der Waals surface area contributed by atoms with E-state index in [-0.39, 0.29) is 10.8 Å². The highest BCUT2D eigenvalue weighted by molar-refractivity contribution is 7.90. The first kappa shape index (κ1) is 21.7. The number of carbonyl (C=O) groups excluding carboxylic acids is 1. The van der Waals surface area contributed by atoms with E-state index in [1.165, 1.54) is 22.5 Å². The fourth-order valence-corrected chi connectivity index (χ4v) is 5.74. The topological polar surface area (TPSA) is 67.3 Å². The summed E-state index contributed by atoms with van der Waals surface area (Å²) in [6, 6.07) is 18.9. The lowest BCUT2D eigenvalue weighted by atomic mass is 10.1. The fourth-order valence-electron chi connectivity index (χ4n) is 3.27. The summed E-state index contributed by atoms with van der Waals surface area (Å²) in [5.74, 6) is 0.0165. The Labute approximate surface area is 189 Å². The Morgan fingerprint density at radius 2 is 1.84 bits per heavy atom. The minimum Gasteiger partial charge on any atom is -0.288 e. The van der Waals surface area contributed by atoms with Gasteiger partial charge in [0, 0.05) is 24.1 Å². The van der Waals surface area contributed by atoms with Crippen molar-refractivity contribution < 1.29 is 13.2 Å². The van der Waals surface area contributed by atoms with Crippen LogP contribution in [0.15, 0.2) is 70.9 Å². The van der Waals surface area contributed by atoms with Gasteiger partial charge in [-0.25, -0.2) is 13.4 Å². The van der Waals surface area contributed by atoms with Gasteiger partial charge in [0.15, 0.2) is 15.0 Å². The van der Waals surface area contributed by atoms with E-state index < -0.39 is 9.84 Å². The van der Waals surface area contributed by atoms with Crippen molar-refractivity contribution in [3.8, 4) is 0 Å². The second kappa shape index (κ2) is 9.30. The van der Waals surface area contributed by atoms with E-state index in [0.717, 1.165) is 16.7 Å². The minimum absolute atomic E-state index is 0.0165. The predicted octanol–water partition coefficient (Wildman–Crippen LogP) is 4.97. The van der Waals surface area contributed by atoms with Gasteiger partial charge in [0.05, 0.1) is 15.1 Å². The number of hydrogen-bond acceptors (Lipinski definition) is 6. The molecule has 8 heteroatoms. The van der Waals surface area contributed by atoms with Gasteiger partial charge < -0.3 is 0 Å². The third-order valence-corrected chi connectivity index (χ3v) is 8.03. The molecule has 2 aromatic heterocycles. The number of hydrogen-bond donors (Lipinski definition) is 0. The number of fused-ring (bicyclic) bond motifs is 1. The van der Waals surface area contributed by atoms with Gasteiger partial charge in [-0.1, -0.05) is 47.7 Å². The van der Waals surface area contributed by atoms with Crippen molar-refractivity contribution in [2.75, 3.05) is 17.7 Å². The van der Waals surface area contributed by atoms with Crippen LogP contribution in [0.1, 0.15) is 16.9 Å². The van der Waals surface area contributed by atoms with Crippen molar-refractivity contribution in [2.45, 2.75) is 24.2 Å². The van der Waals surface area contributed by atoms with Gasteiger partial charge >= 0.3 is 0 Å². The molecule has 0 unspecified atom stereocenters. The maximum absolute atomic E-state index is 13.2.